The topological polar surface area (TPSA) is 80.8 Å². The van der Waals surface area contributed by atoms with Crippen LogP contribution in [0.3, 0.4) is 0 Å². The van der Waals surface area contributed by atoms with E-state index in [-0.39, 0.29) is 12.0 Å². The lowest BCUT2D eigenvalue weighted by Gasteiger charge is -2.26. The van der Waals surface area contributed by atoms with Crippen LogP contribution in [0.4, 0.5) is 9.80 Å². The van der Waals surface area contributed by atoms with Crippen LogP contribution in [0, 0.1) is 0 Å². The first-order valence-corrected chi connectivity index (χ1v) is 14.3. The molecule has 39 heavy (non-hydrogen) atoms. The van der Waals surface area contributed by atoms with Gasteiger partial charge in [0.25, 0.3) is 5.91 Å². The average molecular weight is 556 g/mol. The molecule has 1 aliphatic rings. The number of para-hydroxylation sites is 2. The third-order valence-corrected chi connectivity index (χ3v) is 8.60. The van der Waals surface area contributed by atoms with Crippen LogP contribution in [0.15, 0.2) is 78.9 Å². The van der Waals surface area contributed by atoms with Crippen molar-refractivity contribution in [2.75, 3.05) is 18.5 Å². The average Bonchev–Trinajstić information content (AvgIpc) is 3.54. The van der Waals surface area contributed by atoms with Gasteiger partial charge in [0.2, 0.25) is 0 Å². The van der Waals surface area contributed by atoms with Gasteiger partial charge in [-0.05, 0) is 67.4 Å². The zero-order valence-electron chi connectivity index (χ0n) is 21.2. The Hall–Kier alpha value is -4.21. The minimum Gasteiger partial charge on any atom is -0.457 e. The molecule has 0 saturated carbocycles. The van der Waals surface area contributed by atoms with Crippen molar-refractivity contribution in [3.05, 3.63) is 94.9 Å². The van der Waals surface area contributed by atoms with Crippen molar-refractivity contribution in [3.63, 3.8) is 0 Å². The van der Waals surface area contributed by atoms with Crippen LogP contribution in [0.2, 0.25) is 0 Å². The molecule has 0 saturated heterocycles. The molecule has 7 nitrogen and oxygen atoms in total. The molecule has 3 heterocycles. The fourth-order valence-electron chi connectivity index (χ4n) is 4.54. The Labute approximate surface area is 233 Å². The molecule has 2 amide bonds. The minimum absolute atomic E-state index is 0.218. The normalized spacial score (nSPS) is 12.7. The third-order valence-electron chi connectivity index (χ3n) is 6.41. The lowest BCUT2D eigenvalue weighted by Crippen LogP contribution is -2.35. The van der Waals surface area contributed by atoms with Gasteiger partial charge < -0.3 is 19.7 Å². The standard InChI is InChI=1S/C30H25N3O4S2/c1-2-36-30(35)33-17-16-22-25(18-33)39-29(26(22)28-31-23-10-6-7-11-24(23)38-28)32-27(34)19-12-14-21(15-13-19)37-20-8-4-3-5-9-20/h3-15H,2,16-18H2,1H3,(H,32,34). The molecule has 0 radical (unpaired) electrons. The summed E-state index contributed by atoms with van der Waals surface area (Å²) in [7, 11) is 0. The Balaban J connectivity index is 1.30. The Bertz CT molecular complexity index is 1610. The number of aromatic nitrogens is 1. The predicted octanol–water partition coefficient (Wildman–Crippen LogP) is 7.58. The lowest BCUT2D eigenvalue weighted by atomic mass is 10.0. The summed E-state index contributed by atoms with van der Waals surface area (Å²) in [5.41, 5.74) is 3.51. The zero-order valence-corrected chi connectivity index (χ0v) is 22.8. The highest BCUT2D eigenvalue weighted by Crippen LogP contribution is 2.46. The van der Waals surface area contributed by atoms with Gasteiger partial charge in [-0.25, -0.2) is 9.78 Å². The molecule has 0 atom stereocenters. The van der Waals surface area contributed by atoms with Crippen molar-refractivity contribution in [2.24, 2.45) is 0 Å². The van der Waals surface area contributed by atoms with Gasteiger partial charge in [0.15, 0.2) is 0 Å². The molecule has 9 heteroatoms. The number of benzene rings is 3. The highest BCUT2D eigenvalue weighted by molar-refractivity contribution is 7.23. The summed E-state index contributed by atoms with van der Waals surface area (Å²) >= 11 is 3.10. The van der Waals surface area contributed by atoms with Gasteiger partial charge in [0.05, 0.1) is 23.4 Å². The number of anilines is 1. The summed E-state index contributed by atoms with van der Waals surface area (Å²) in [6.07, 6.45) is 0.346. The summed E-state index contributed by atoms with van der Waals surface area (Å²) < 4.78 is 12.2. The first-order chi connectivity index (χ1) is 19.1. The van der Waals surface area contributed by atoms with Crippen LogP contribution in [-0.2, 0) is 17.7 Å². The van der Waals surface area contributed by atoms with E-state index in [9.17, 15) is 9.59 Å². The van der Waals surface area contributed by atoms with E-state index in [1.807, 2.05) is 48.5 Å². The largest absolute Gasteiger partial charge is 0.457 e. The van der Waals surface area contributed by atoms with E-state index in [2.05, 4.69) is 11.4 Å². The quantitative estimate of drug-likeness (QED) is 0.234. The number of hydrogen-bond acceptors (Lipinski definition) is 7. The number of carbonyl (C=O) groups is 2. The van der Waals surface area contributed by atoms with Crippen LogP contribution in [0.1, 0.15) is 27.7 Å². The molecule has 6 rings (SSSR count). The van der Waals surface area contributed by atoms with Crippen LogP contribution in [0.25, 0.3) is 20.8 Å². The molecule has 3 aromatic carbocycles. The van der Waals surface area contributed by atoms with Gasteiger partial charge in [0, 0.05) is 22.5 Å². The second-order valence-corrected chi connectivity index (χ2v) is 11.1. The number of rotatable bonds is 6. The number of hydrogen-bond donors (Lipinski definition) is 1. The van der Waals surface area contributed by atoms with Crippen molar-refractivity contribution >= 4 is 49.9 Å². The van der Waals surface area contributed by atoms with Gasteiger partial charge in [-0.15, -0.1) is 22.7 Å². The summed E-state index contributed by atoms with van der Waals surface area (Å²) in [4.78, 5) is 33.4. The number of ether oxygens (including phenoxy) is 2. The summed E-state index contributed by atoms with van der Waals surface area (Å²) in [5, 5.41) is 4.73. The smallest absolute Gasteiger partial charge is 0.410 e. The Morgan fingerprint density at radius 3 is 2.46 bits per heavy atom. The van der Waals surface area contributed by atoms with Crippen LogP contribution in [0.5, 0.6) is 11.5 Å². The number of nitrogens with one attached hydrogen (secondary N) is 1. The van der Waals surface area contributed by atoms with Crippen molar-refractivity contribution in [2.45, 2.75) is 19.9 Å². The Kier molecular flexibility index (Phi) is 7.00. The van der Waals surface area contributed by atoms with Crippen molar-refractivity contribution in [3.8, 4) is 22.1 Å². The summed E-state index contributed by atoms with van der Waals surface area (Å²) in [6.45, 7) is 3.13. The van der Waals surface area contributed by atoms with Crippen molar-refractivity contribution in [1.82, 2.24) is 9.88 Å². The lowest BCUT2D eigenvalue weighted by molar-refractivity contribution is 0.102. The van der Waals surface area contributed by atoms with Crippen LogP contribution >= 0.6 is 22.7 Å². The molecule has 0 unspecified atom stereocenters. The fraction of sp³-hybridized carbons (Fsp3) is 0.167. The summed E-state index contributed by atoms with van der Waals surface area (Å²) in [6, 6.07) is 24.6. The van der Waals surface area contributed by atoms with E-state index < -0.39 is 0 Å². The van der Waals surface area contributed by atoms with Gasteiger partial charge in [-0.2, -0.15) is 0 Å². The SMILES string of the molecule is CCOC(=O)N1CCc2c(sc(NC(=O)c3ccc(Oc4ccccc4)cc3)c2-c2nc3ccccc3s2)C1. The highest BCUT2D eigenvalue weighted by Gasteiger charge is 2.30. The van der Waals surface area contributed by atoms with E-state index in [4.69, 9.17) is 14.5 Å². The molecule has 0 aliphatic carbocycles. The Morgan fingerprint density at radius 1 is 0.949 bits per heavy atom. The highest BCUT2D eigenvalue weighted by atomic mass is 32.1. The van der Waals surface area contributed by atoms with Crippen LogP contribution in [-0.4, -0.2) is 35.0 Å². The summed E-state index contributed by atoms with van der Waals surface area (Å²) in [5.74, 6) is 1.17. The van der Waals surface area contributed by atoms with E-state index >= 15 is 0 Å². The van der Waals surface area contributed by atoms with Gasteiger partial charge in [-0.1, -0.05) is 30.3 Å². The number of thiazole rings is 1. The fourth-order valence-corrected chi connectivity index (χ4v) is 6.91. The monoisotopic (exact) mass is 555 g/mol. The molecule has 0 fully saturated rings. The molecule has 2 aromatic heterocycles. The zero-order chi connectivity index (χ0) is 26.8. The van der Waals surface area contributed by atoms with E-state index in [0.29, 0.717) is 37.4 Å². The number of amides is 2. The number of nitrogens with zero attached hydrogens (tertiary/aromatic N) is 2. The molecule has 1 aliphatic heterocycles. The third kappa shape index (κ3) is 5.23. The molecule has 5 aromatic rings. The maximum absolute atomic E-state index is 13.4. The van der Waals surface area contributed by atoms with Gasteiger partial charge in [-0.3, -0.25) is 4.79 Å². The molecule has 0 spiro atoms. The second kappa shape index (κ2) is 10.9. The molecular weight excluding hydrogens is 530 g/mol. The van der Waals surface area contributed by atoms with Crippen LogP contribution < -0.4 is 10.1 Å². The van der Waals surface area contributed by atoms with E-state index in [1.165, 1.54) is 11.3 Å². The second-order valence-electron chi connectivity index (χ2n) is 8.96. The molecule has 0 bridgehead atoms. The van der Waals surface area contributed by atoms with Crippen molar-refractivity contribution in [1.29, 1.82) is 0 Å². The molecule has 196 valence electrons. The Morgan fingerprint density at radius 2 is 1.69 bits per heavy atom. The number of carbonyl (C=O) groups excluding carboxylic acids is 2. The first-order valence-electron chi connectivity index (χ1n) is 12.7. The van der Waals surface area contributed by atoms with E-state index in [1.54, 1.807) is 47.4 Å². The number of thiophene rings is 1. The molecule has 1 N–H and O–H groups in total. The van der Waals surface area contributed by atoms with E-state index in [0.717, 1.165) is 42.0 Å². The van der Waals surface area contributed by atoms with Gasteiger partial charge >= 0.3 is 6.09 Å². The molecular formula is C30H25N3O4S2. The van der Waals surface area contributed by atoms with Crippen molar-refractivity contribution < 1.29 is 19.1 Å². The van der Waals surface area contributed by atoms with Gasteiger partial charge in [0.1, 0.15) is 21.5 Å². The predicted molar refractivity (Wildman–Crippen MR) is 155 cm³/mol. The first kappa shape index (κ1) is 25.1. The minimum atomic E-state index is -0.318. The number of fused-ring (bicyclic) bond motifs is 2. The maximum atomic E-state index is 13.4. The maximum Gasteiger partial charge on any atom is 0.410 e.